The van der Waals surface area contributed by atoms with Gasteiger partial charge in [0.25, 0.3) is 0 Å². The lowest BCUT2D eigenvalue weighted by molar-refractivity contribution is -0.128. The number of rotatable bonds is 4. The molecule has 5 nitrogen and oxygen atoms in total. The van der Waals surface area contributed by atoms with Crippen LogP contribution in [-0.4, -0.2) is 20.0 Å². The zero-order valence-corrected chi connectivity index (χ0v) is 14.1. The minimum atomic E-state index is -3.67. The smallest absolute Gasteiger partial charge is 0.233 e. The number of nitriles is 1. The van der Waals surface area contributed by atoms with Crippen LogP contribution in [0.5, 0.6) is 0 Å². The lowest BCUT2D eigenvalue weighted by atomic mass is 9.70. The number of ketones is 1. The van der Waals surface area contributed by atoms with Crippen LogP contribution in [-0.2, 0) is 14.8 Å². The quantitative estimate of drug-likeness (QED) is 0.918. The highest BCUT2D eigenvalue weighted by atomic mass is 32.2. The number of carbonyl (C=O) groups is 1. The molecule has 0 aliphatic heterocycles. The number of carbonyl (C=O) groups excluding carboxylic acids is 1. The Kier molecular flexibility index (Phi) is 3.53. The molecule has 6 heteroatoms. The maximum atomic E-state index is 12.6. The van der Waals surface area contributed by atoms with E-state index >= 15 is 0 Å². The van der Waals surface area contributed by atoms with E-state index in [1.165, 1.54) is 6.07 Å². The van der Waals surface area contributed by atoms with Crippen LogP contribution >= 0.6 is 0 Å². The summed E-state index contributed by atoms with van der Waals surface area (Å²) in [6.07, 6.45) is 2.05. The van der Waals surface area contributed by atoms with E-state index in [0.29, 0.717) is 24.1 Å². The molecule has 23 heavy (non-hydrogen) atoms. The van der Waals surface area contributed by atoms with Crippen LogP contribution < -0.4 is 4.72 Å². The number of fused-ring (bicyclic) bond motifs is 2. The molecule has 2 aliphatic carbocycles. The Morgan fingerprint density at radius 3 is 2.70 bits per heavy atom. The fourth-order valence-corrected chi connectivity index (χ4v) is 6.18. The first-order valence-electron chi connectivity index (χ1n) is 7.74. The highest BCUT2D eigenvalue weighted by molar-refractivity contribution is 7.92. The van der Waals surface area contributed by atoms with Gasteiger partial charge in [-0.25, -0.2) is 8.42 Å². The second-order valence-electron chi connectivity index (χ2n) is 7.22. The molecule has 1 N–H and O–H groups in total. The van der Waals surface area contributed by atoms with Crippen molar-refractivity contribution in [1.82, 2.24) is 0 Å². The Morgan fingerprint density at radius 2 is 2.13 bits per heavy atom. The van der Waals surface area contributed by atoms with Crippen LogP contribution in [0.15, 0.2) is 24.3 Å². The Balaban J connectivity index is 1.87. The zero-order valence-electron chi connectivity index (χ0n) is 13.3. The molecule has 0 amide bonds. The lowest BCUT2D eigenvalue weighted by Gasteiger charge is -2.36. The van der Waals surface area contributed by atoms with E-state index in [4.69, 9.17) is 5.26 Å². The van der Waals surface area contributed by atoms with Crippen molar-refractivity contribution in [3.05, 3.63) is 29.8 Å². The third kappa shape index (κ3) is 2.43. The second-order valence-corrected chi connectivity index (χ2v) is 8.94. The molecule has 122 valence electrons. The first-order valence-corrected chi connectivity index (χ1v) is 9.39. The van der Waals surface area contributed by atoms with Gasteiger partial charge in [0, 0.05) is 12.1 Å². The van der Waals surface area contributed by atoms with Crippen LogP contribution in [0.4, 0.5) is 5.69 Å². The zero-order chi connectivity index (χ0) is 16.9. The molecule has 0 saturated heterocycles. The maximum Gasteiger partial charge on any atom is 0.233 e. The SMILES string of the molecule is CC1(C)C2CCC1(CS(=O)(=O)Nc1cccc(C#N)c1)C(=O)C2. The molecule has 2 bridgehead atoms. The average molecular weight is 332 g/mol. The number of anilines is 1. The number of Topliss-reactive ketones (excluding diaryl/α,β-unsaturated/α-hetero) is 1. The number of nitrogens with zero attached hydrogens (tertiary/aromatic N) is 1. The van der Waals surface area contributed by atoms with Gasteiger partial charge in [0.1, 0.15) is 5.78 Å². The van der Waals surface area contributed by atoms with E-state index in [0.717, 1.165) is 6.42 Å². The monoisotopic (exact) mass is 332 g/mol. The average Bonchev–Trinajstić information content (AvgIpc) is 2.80. The molecule has 2 unspecified atom stereocenters. The van der Waals surface area contributed by atoms with E-state index in [1.807, 2.05) is 19.9 Å². The molecule has 2 fully saturated rings. The minimum Gasteiger partial charge on any atom is -0.299 e. The largest absolute Gasteiger partial charge is 0.299 e. The Labute approximate surface area is 136 Å². The summed E-state index contributed by atoms with van der Waals surface area (Å²) in [5.41, 5.74) is -0.316. The van der Waals surface area contributed by atoms with Crippen molar-refractivity contribution in [3.8, 4) is 6.07 Å². The molecule has 0 heterocycles. The minimum absolute atomic E-state index is 0.0786. The highest BCUT2D eigenvalue weighted by Crippen LogP contribution is 2.64. The number of hydrogen-bond acceptors (Lipinski definition) is 4. The summed E-state index contributed by atoms with van der Waals surface area (Å²) in [5, 5.41) is 8.91. The van der Waals surface area contributed by atoms with E-state index in [1.54, 1.807) is 18.2 Å². The van der Waals surface area contributed by atoms with Crippen LogP contribution in [0, 0.1) is 28.1 Å². The van der Waals surface area contributed by atoms with Crippen molar-refractivity contribution in [3.63, 3.8) is 0 Å². The Hall–Kier alpha value is -1.87. The van der Waals surface area contributed by atoms with Crippen molar-refractivity contribution >= 4 is 21.5 Å². The fraction of sp³-hybridized carbons (Fsp3) is 0.529. The molecule has 1 aromatic carbocycles. The van der Waals surface area contributed by atoms with Crippen LogP contribution in [0.25, 0.3) is 0 Å². The molecule has 3 rings (SSSR count). The third-order valence-corrected chi connectivity index (χ3v) is 7.26. The lowest BCUT2D eigenvalue weighted by Crippen LogP contribution is -2.43. The number of sulfonamides is 1. The maximum absolute atomic E-state index is 12.6. The van der Waals surface area contributed by atoms with Crippen molar-refractivity contribution in [2.75, 3.05) is 10.5 Å². The molecular formula is C17H20N2O3S. The van der Waals surface area contributed by atoms with Gasteiger partial charge in [-0.3, -0.25) is 9.52 Å². The van der Waals surface area contributed by atoms with Crippen molar-refractivity contribution in [2.45, 2.75) is 33.1 Å². The van der Waals surface area contributed by atoms with Gasteiger partial charge in [-0.2, -0.15) is 5.26 Å². The normalized spacial score (nSPS) is 28.6. The van der Waals surface area contributed by atoms with E-state index < -0.39 is 15.4 Å². The molecule has 1 aromatic rings. The van der Waals surface area contributed by atoms with Crippen LogP contribution in [0.1, 0.15) is 38.7 Å². The van der Waals surface area contributed by atoms with Gasteiger partial charge in [0.15, 0.2) is 0 Å². The summed E-state index contributed by atoms with van der Waals surface area (Å²) in [5.74, 6) is 0.182. The van der Waals surface area contributed by atoms with Gasteiger partial charge in [-0.05, 0) is 42.4 Å². The Morgan fingerprint density at radius 1 is 1.39 bits per heavy atom. The number of nitrogens with one attached hydrogen (secondary N) is 1. The molecule has 0 spiro atoms. The van der Waals surface area contributed by atoms with Crippen molar-refractivity contribution in [1.29, 1.82) is 5.26 Å². The summed E-state index contributed by atoms with van der Waals surface area (Å²) >= 11 is 0. The summed E-state index contributed by atoms with van der Waals surface area (Å²) in [7, 11) is -3.67. The van der Waals surface area contributed by atoms with Gasteiger partial charge < -0.3 is 0 Å². The van der Waals surface area contributed by atoms with Gasteiger partial charge in [0.2, 0.25) is 10.0 Å². The molecule has 0 radical (unpaired) electrons. The Bertz CT molecular complexity index is 807. The molecule has 0 aromatic heterocycles. The second kappa shape index (κ2) is 5.07. The molecule has 2 aliphatic rings. The van der Waals surface area contributed by atoms with Gasteiger partial charge in [-0.1, -0.05) is 19.9 Å². The fourth-order valence-electron chi connectivity index (χ4n) is 4.30. The first-order chi connectivity index (χ1) is 10.7. The molecule has 2 saturated carbocycles. The third-order valence-electron chi connectivity index (χ3n) is 5.84. The van der Waals surface area contributed by atoms with Gasteiger partial charge in [-0.15, -0.1) is 0 Å². The standard InChI is InChI=1S/C17H20N2O3S/c1-16(2)13-6-7-17(16,15(20)9-13)11-23(21,22)19-14-5-3-4-12(8-14)10-18/h3-5,8,13,19H,6-7,9,11H2,1-2H3. The highest BCUT2D eigenvalue weighted by Gasteiger charge is 2.65. The summed E-state index contributed by atoms with van der Waals surface area (Å²) in [6, 6.07) is 8.33. The predicted octanol–water partition coefficient (Wildman–Crippen LogP) is 2.70. The van der Waals surface area contributed by atoms with Crippen LogP contribution in [0.2, 0.25) is 0 Å². The van der Waals surface area contributed by atoms with Gasteiger partial charge >= 0.3 is 0 Å². The number of hydrogen-bond donors (Lipinski definition) is 1. The predicted molar refractivity (Wildman–Crippen MR) is 87.1 cm³/mol. The molecule has 2 atom stereocenters. The topological polar surface area (TPSA) is 87.0 Å². The number of benzene rings is 1. The summed E-state index contributed by atoms with van der Waals surface area (Å²) in [4.78, 5) is 12.5. The van der Waals surface area contributed by atoms with Crippen molar-refractivity contribution in [2.24, 2.45) is 16.7 Å². The van der Waals surface area contributed by atoms with E-state index in [-0.39, 0.29) is 22.9 Å². The summed E-state index contributed by atoms with van der Waals surface area (Å²) in [6.45, 7) is 4.03. The first kappa shape index (κ1) is 16.0. The van der Waals surface area contributed by atoms with E-state index in [2.05, 4.69) is 4.72 Å². The van der Waals surface area contributed by atoms with Gasteiger partial charge in [0.05, 0.1) is 22.8 Å². The molecular weight excluding hydrogens is 312 g/mol. The van der Waals surface area contributed by atoms with Crippen molar-refractivity contribution < 1.29 is 13.2 Å². The van der Waals surface area contributed by atoms with Crippen LogP contribution in [0.3, 0.4) is 0 Å². The summed E-state index contributed by atoms with van der Waals surface area (Å²) < 4.78 is 27.8. The van der Waals surface area contributed by atoms with E-state index in [9.17, 15) is 13.2 Å².